The molecule has 0 atom stereocenters. The van der Waals surface area contributed by atoms with E-state index in [1.165, 1.54) is 0 Å². The Morgan fingerprint density at radius 2 is 2.29 bits per heavy atom. The Hall–Kier alpha value is -1.55. The van der Waals surface area contributed by atoms with Crippen LogP contribution >= 0.6 is 11.6 Å². The molecule has 2 aromatic heterocycles. The van der Waals surface area contributed by atoms with Gasteiger partial charge in [-0.2, -0.15) is 5.10 Å². The van der Waals surface area contributed by atoms with Gasteiger partial charge in [0.1, 0.15) is 0 Å². The lowest BCUT2D eigenvalue weighted by atomic mass is 10.4. The number of anilines is 1. The number of nitrogens with two attached hydrogens (primary N) is 1. The Kier molecular flexibility index (Phi) is 2.13. The molecule has 2 N–H and O–H groups in total. The van der Waals surface area contributed by atoms with E-state index in [9.17, 15) is 0 Å². The number of rotatable bonds is 1. The van der Waals surface area contributed by atoms with Crippen LogP contribution in [-0.2, 0) is 0 Å². The van der Waals surface area contributed by atoms with Crippen LogP contribution in [0.3, 0.4) is 0 Å². The van der Waals surface area contributed by atoms with E-state index in [-0.39, 0.29) is 0 Å². The van der Waals surface area contributed by atoms with Gasteiger partial charge < -0.3 is 5.73 Å². The van der Waals surface area contributed by atoms with E-state index in [4.69, 9.17) is 17.3 Å². The van der Waals surface area contributed by atoms with Crippen molar-refractivity contribution in [1.29, 1.82) is 0 Å². The molecule has 0 fully saturated rings. The first-order valence-electron chi connectivity index (χ1n) is 4.10. The zero-order chi connectivity index (χ0) is 10.1. The molecule has 0 saturated carbocycles. The van der Waals surface area contributed by atoms with Crippen LogP contribution in [0.5, 0.6) is 0 Å². The molecule has 0 aromatic carbocycles. The summed E-state index contributed by atoms with van der Waals surface area (Å²) in [6, 6.07) is 3.46. The molecular formula is C9H9ClN4. The van der Waals surface area contributed by atoms with Crippen molar-refractivity contribution in [2.24, 2.45) is 0 Å². The van der Waals surface area contributed by atoms with Gasteiger partial charge in [0, 0.05) is 18.0 Å². The highest BCUT2D eigenvalue weighted by atomic mass is 35.5. The van der Waals surface area contributed by atoms with Gasteiger partial charge in [-0.15, -0.1) is 0 Å². The van der Waals surface area contributed by atoms with E-state index >= 15 is 0 Å². The van der Waals surface area contributed by atoms with Gasteiger partial charge >= 0.3 is 0 Å². The maximum atomic E-state index is 5.88. The monoisotopic (exact) mass is 208 g/mol. The van der Waals surface area contributed by atoms with Gasteiger partial charge in [0.2, 0.25) is 0 Å². The highest BCUT2D eigenvalue weighted by Gasteiger charge is 2.04. The van der Waals surface area contributed by atoms with Crippen molar-refractivity contribution < 1.29 is 0 Å². The summed E-state index contributed by atoms with van der Waals surface area (Å²) in [7, 11) is 0. The normalized spacial score (nSPS) is 10.4. The highest BCUT2D eigenvalue weighted by Crippen LogP contribution is 2.15. The largest absolute Gasteiger partial charge is 0.399 e. The van der Waals surface area contributed by atoms with Gasteiger partial charge in [0.15, 0.2) is 5.82 Å². The molecule has 0 radical (unpaired) electrons. The van der Waals surface area contributed by atoms with Crippen molar-refractivity contribution in [2.75, 3.05) is 5.73 Å². The number of hydrogen-bond acceptors (Lipinski definition) is 3. The van der Waals surface area contributed by atoms with Gasteiger partial charge in [0.25, 0.3) is 0 Å². The molecule has 0 unspecified atom stereocenters. The number of halogens is 1. The lowest BCUT2D eigenvalue weighted by Crippen LogP contribution is -1.99. The van der Waals surface area contributed by atoms with Crippen molar-refractivity contribution >= 4 is 17.3 Å². The Labute approximate surface area is 86.3 Å². The maximum absolute atomic E-state index is 5.88. The zero-order valence-electron chi connectivity index (χ0n) is 7.61. The molecule has 72 valence electrons. The third-order valence-corrected chi connectivity index (χ3v) is 2.21. The number of pyridine rings is 1. The molecule has 2 aromatic rings. The summed E-state index contributed by atoms with van der Waals surface area (Å²) in [5, 5.41) is 4.81. The molecule has 2 rings (SSSR count). The van der Waals surface area contributed by atoms with Crippen molar-refractivity contribution in [3.8, 4) is 5.82 Å². The van der Waals surface area contributed by atoms with Crippen molar-refractivity contribution in [3.05, 3.63) is 35.2 Å². The summed E-state index contributed by atoms with van der Waals surface area (Å²) >= 11 is 5.88. The predicted molar refractivity (Wildman–Crippen MR) is 55.5 cm³/mol. The van der Waals surface area contributed by atoms with Crippen molar-refractivity contribution in [3.63, 3.8) is 0 Å². The third-order valence-electron chi connectivity index (χ3n) is 1.84. The Morgan fingerprint density at radius 1 is 1.50 bits per heavy atom. The molecule has 0 saturated heterocycles. The zero-order valence-corrected chi connectivity index (χ0v) is 8.36. The van der Waals surface area contributed by atoms with E-state index in [0.29, 0.717) is 16.5 Å². The van der Waals surface area contributed by atoms with Gasteiger partial charge in [-0.1, -0.05) is 11.6 Å². The molecule has 2 heterocycles. The van der Waals surface area contributed by atoms with Crippen LogP contribution < -0.4 is 5.73 Å². The van der Waals surface area contributed by atoms with E-state index in [1.807, 2.05) is 6.92 Å². The van der Waals surface area contributed by atoms with Crippen LogP contribution in [0.2, 0.25) is 5.02 Å². The summed E-state index contributed by atoms with van der Waals surface area (Å²) < 4.78 is 1.61. The predicted octanol–water partition coefficient (Wildman–Crippen LogP) is 1.81. The molecule has 0 aliphatic heterocycles. The number of nitrogen functional groups attached to an aromatic ring is 1. The van der Waals surface area contributed by atoms with E-state index in [2.05, 4.69) is 10.1 Å². The van der Waals surface area contributed by atoms with Gasteiger partial charge in [0.05, 0.1) is 16.9 Å². The van der Waals surface area contributed by atoms with E-state index in [0.717, 1.165) is 5.69 Å². The summed E-state index contributed by atoms with van der Waals surface area (Å²) in [4.78, 5) is 4.13. The molecule has 0 amide bonds. The SMILES string of the molecule is Cc1nn(-c2cc(N)ccn2)cc1Cl. The van der Waals surface area contributed by atoms with Gasteiger partial charge in [-0.25, -0.2) is 9.67 Å². The molecule has 0 aliphatic rings. The van der Waals surface area contributed by atoms with Crippen LogP contribution in [0, 0.1) is 6.92 Å². The van der Waals surface area contributed by atoms with Crippen molar-refractivity contribution in [2.45, 2.75) is 6.92 Å². The quantitative estimate of drug-likeness (QED) is 0.778. The second kappa shape index (κ2) is 3.31. The average Bonchev–Trinajstić information content (AvgIpc) is 2.47. The number of nitrogens with zero attached hydrogens (tertiary/aromatic N) is 3. The first-order chi connectivity index (χ1) is 6.66. The maximum Gasteiger partial charge on any atom is 0.155 e. The minimum Gasteiger partial charge on any atom is -0.399 e. The Morgan fingerprint density at radius 3 is 2.86 bits per heavy atom. The molecule has 4 nitrogen and oxygen atoms in total. The topological polar surface area (TPSA) is 56.7 Å². The average molecular weight is 209 g/mol. The number of aromatic nitrogens is 3. The lowest BCUT2D eigenvalue weighted by Gasteiger charge is -1.99. The lowest BCUT2D eigenvalue weighted by molar-refractivity contribution is 0.833. The molecule has 14 heavy (non-hydrogen) atoms. The summed E-state index contributed by atoms with van der Waals surface area (Å²) in [5.74, 6) is 0.667. The second-order valence-corrected chi connectivity index (χ2v) is 3.36. The minimum absolute atomic E-state index is 0.620. The van der Waals surface area contributed by atoms with Crippen LogP contribution in [0.4, 0.5) is 5.69 Å². The molecule has 0 aliphatic carbocycles. The Balaban J connectivity index is 2.49. The number of aryl methyl sites for hydroxylation is 1. The third kappa shape index (κ3) is 1.56. The summed E-state index contributed by atoms with van der Waals surface area (Å²) in [6.45, 7) is 1.84. The second-order valence-electron chi connectivity index (χ2n) is 2.95. The molecule has 5 heteroatoms. The first-order valence-corrected chi connectivity index (χ1v) is 4.48. The van der Waals surface area contributed by atoms with Gasteiger partial charge in [-0.05, 0) is 13.0 Å². The van der Waals surface area contributed by atoms with E-state index in [1.54, 1.807) is 29.2 Å². The fraction of sp³-hybridized carbons (Fsp3) is 0.111. The molecule has 0 bridgehead atoms. The van der Waals surface area contributed by atoms with Crippen LogP contribution in [0.1, 0.15) is 5.69 Å². The minimum atomic E-state index is 0.620. The summed E-state index contributed by atoms with van der Waals surface area (Å²) in [5.41, 5.74) is 7.05. The molecule has 0 spiro atoms. The summed E-state index contributed by atoms with van der Waals surface area (Å²) in [6.07, 6.45) is 3.34. The number of hydrogen-bond donors (Lipinski definition) is 1. The van der Waals surface area contributed by atoms with Gasteiger partial charge in [-0.3, -0.25) is 0 Å². The van der Waals surface area contributed by atoms with Crippen molar-refractivity contribution in [1.82, 2.24) is 14.8 Å². The Bertz CT molecular complexity index is 444. The fourth-order valence-electron chi connectivity index (χ4n) is 1.12. The van der Waals surface area contributed by atoms with Crippen LogP contribution in [-0.4, -0.2) is 14.8 Å². The smallest absolute Gasteiger partial charge is 0.155 e. The standard InChI is InChI=1S/C9H9ClN4/c1-6-8(10)5-14(13-6)9-4-7(11)2-3-12-9/h2-5H,1H3,(H2,11,12). The van der Waals surface area contributed by atoms with Crippen LogP contribution in [0.15, 0.2) is 24.5 Å². The highest BCUT2D eigenvalue weighted by molar-refractivity contribution is 6.31. The van der Waals surface area contributed by atoms with Crippen LogP contribution in [0.25, 0.3) is 5.82 Å². The fourth-order valence-corrected chi connectivity index (χ4v) is 1.25. The molecular weight excluding hydrogens is 200 g/mol. The first kappa shape index (κ1) is 9.02. The van der Waals surface area contributed by atoms with E-state index < -0.39 is 0 Å².